The normalized spacial score (nSPS) is 11.0. The van der Waals surface area contributed by atoms with Gasteiger partial charge in [-0.2, -0.15) is 33.3 Å². The Morgan fingerprint density at radius 3 is 1.65 bits per heavy atom. The summed E-state index contributed by atoms with van der Waals surface area (Å²) in [5, 5.41) is 8.22. The molecular formula is C26H25Cl2F3N6O6. The van der Waals surface area contributed by atoms with E-state index in [1.165, 1.54) is 40.6 Å². The third kappa shape index (κ3) is 6.83. The van der Waals surface area contributed by atoms with Crippen molar-refractivity contribution >= 4 is 35.1 Å². The SMILES string of the molecule is COC(=O)c1cnn(-c2nc(OC)c(C(F)(F)F)cc2Cl)c1C.COC(=O)c1cnn(-c2nc(OC)c(Cl)cc2C)c1C. The van der Waals surface area contributed by atoms with Gasteiger partial charge >= 0.3 is 18.1 Å². The molecule has 4 aromatic rings. The Labute approximate surface area is 253 Å². The van der Waals surface area contributed by atoms with Gasteiger partial charge in [-0.25, -0.2) is 19.0 Å². The fourth-order valence-electron chi connectivity index (χ4n) is 3.75. The van der Waals surface area contributed by atoms with Crippen molar-refractivity contribution in [2.75, 3.05) is 28.4 Å². The molecule has 12 nitrogen and oxygen atoms in total. The van der Waals surface area contributed by atoms with Gasteiger partial charge in [0.2, 0.25) is 11.8 Å². The summed E-state index contributed by atoms with van der Waals surface area (Å²) >= 11 is 11.9. The van der Waals surface area contributed by atoms with Crippen LogP contribution in [0.1, 0.15) is 43.2 Å². The van der Waals surface area contributed by atoms with Gasteiger partial charge in [-0.05, 0) is 38.5 Å². The lowest BCUT2D eigenvalue weighted by atomic mass is 10.2. The summed E-state index contributed by atoms with van der Waals surface area (Å²) in [6.45, 7) is 5.15. The van der Waals surface area contributed by atoms with E-state index in [2.05, 4.69) is 29.6 Å². The number of aromatic nitrogens is 6. The molecule has 0 aliphatic rings. The first-order chi connectivity index (χ1) is 20.2. The number of esters is 2. The van der Waals surface area contributed by atoms with Crippen LogP contribution in [0.3, 0.4) is 0 Å². The van der Waals surface area contributed by atoms with Crippen LogP contribution in [0.5, 0.6) is 11.8 Å². The first-order valence-corrected chi connectivity index (χ1v) is 12.7. The van der Waals surface area contributed by atoms with Crippen LogP contribution in [0.15, 0.2) is 24.5 Å². The Hall–Kier alpha value is -4.37. The number of carbonyl (C=O) groups is 2. The molecule has 230 valence electrons. The molecule has 0 unspecified atom stereocenters. The molecule has 0 aromatic carbocycles. The summed E-state index contributed by atoms with van der Waals surface area (Å²) in [6.07, 6.45) is -2.01. The summed E-state index contributed by atoms with van der Waals surface area (Å²) < 4.78 is 60.5. The van der Waals surface area contributed by atoms with Crippen molar-refractivity contribution in [3.05, 3.63) is 68.2 Å². The molecule has 0 spiro atoms. The summed E-state index contributed by atoms with van der Waals surface area (Å²) in [5.41, 5.74) is 1.20. The van der Waals surface area contributed by atoms with Gasteiger partial charge < -0.3 is 18.9 Å². The van der Waals surface area contributed by atoms with Gasteiger partial charge in [0, 0.05) is 0 Å². The number of rotatable bonds is 6. The van der Waals surface area contributed by atoms with Gasteiger partial charge in [0.05, 0.1) is 57.2 Å². The van der Waals surface area contributed by atoms with Crippen LogP contribution in [-0.4, -0.2) is 69.9 Å². The minimum atomic E-state index is -4.67. The predicted molar refractivity (Wildman–Crippen MR) is 148 cm³/mol. The number of hydrogen-bond acceptors (Lipinski definition) is 10. The molecule has 0 N–H and O–H groups in total. The molecule has 0 fully saturated rings. The summed E-state index contributed by atoms with van der Waals surface area (Å²) in [6, 6.07) is 2.43. The highest BCUT2D eigenvalue weighted by Gasteiger charge is 2.36. The van der Waals surface area contributed by atoms with E-state index in [1.54, 1.807) is 17.7 Å². The zero-order chi connectivity index (χ0) is 32.2. The molecule has 43 heavy (non-hydrogen) atoms. The second-order valence-electron chi connectivity index (χ2n) is 8.56. The van der Waals surface area contributed by atoms with Crippen molar-refractivity contribution in [3.8, 4) is 23.4 Å². The third-order valence-electron chi connectivity index (χ3n) is 5.95. The number of pyridine rings is 2. The smallest absolute Gasteiger partial charge is 0.421 e. The highest BCUT2D eigenvalue weighted by atomic mass is 35.5. The van der Waals surface area contributed by atoms with E-state index in [0.29, 0.717) is 39.7 Å². The number of hydrogen-bond donors (Lipinski definition) is 0. The van der Waals surface area contributed by atoms with E-state index in [1.807, 2.05) is 6.92 Å². The minimum absolute atomic E-state index is 0.0934. The topological polar surface area (TPSA) is 132 Å². The van der Waals surface area contributed by atoms with Crippen LogP contribution in [0.2, 0.25) is 10.0 Å². The van der Waals surface area contributed by atoms with Gasteiger partial charge in [0.15, 0.2) is 11.6 Å². The van der Waals surface area contributed by atoms with Crippen molar-refractivity contribution in [2.45, 2.75) is 26.9 Å². The second-order valence-corrected chi connectivity index (χ2v) is 9.38. The second kappa shape index (κ2) is 13.3. The van der Waals surface area contributed by atoms with Gasteiger partial charge in [0.1, 0.15) is 21.7 Å². The lowest BCUT2D eigenvalue weighted by molar-refractivity contribution is -0.139. The quantitative estimate of drug-likeness (QED) is 0.252. The predicted octanol–water partition coefficient (Wildman–Crippen LogP) is 5.38. The fraction of sp³-hybridized carbons (Fsp3) is 0.308. The van der Waals surface area contributed by atoms with Gasteiger partial charge in [0.25, 0.3) is 0 Å². The molecule has 0 aliphatic heterocycles. The average Bonchev–Trinajstić information content (AvgIpc) is 3.54. The van der Waals surface area contributed by atoms with Crippen molar-refractivity contribution in [3.63, 3.8) is 0 Å². The maximum absolute atomic E-state index is 12.9. The molecule has 4 aromatic heterocycles. The highest BCUT2D eigenvalue weighted by molar-refractivity contribution is 6.32. The molecule has 4 heterocycles. The van der Waals surface area contributed by atoms with Crippen LogP contribution in [0.4, 0.5) is 13.2 Å². The van der Waals surface area contributed by atoms with Crippen LogP contribution in [-0.2, 0) is 15.7 Å². The van der Waals surface area contributed by atoms with Crippen LogP contribution in [0.25, 0.3) is 11.6 Å². The molecular weight excluding hydrogens is 620 g/mol. The number of carbonyl (C=O) groups excluding carboxylic acids is 2. The number of ether oxygens (including phenoxy) is 4. The summed E-state index contributed by atoms with van der Waals surface area (Å²) in [5.74, 6) is -0.952. The number of halogens is 5. The Kier molecular flexibility index (Phi) is 10.2. The molecule has 0 bridgehead atoms. The first kappa shape index (κ1) is 33.1. The highest BCUT2D eigenvalue weighted by Crippen LogP contribution is 2.38. The largest absolute Gasteiger partial charge is 0.481 e. The molecule has 17 heteroatoms. The number of nitrogens with zero attached hydrogens (tertiary/aromatic N) is 6. The van der Waals surface area contributed by atoms with Gasteiger partial charge in [-0.15, -0.1) is 0 Å². The Morgan fingerprint density at radius 1 is 0.744 bits per heavy atom. The van der Waals surface area contributed by atoms with Crippen LogP contribution >= 0.6 is 23.2 Å². The molecule has 0 atom stereocenters. The molecule has 0 saturated carbocycles. The lowest BCUT2D eigenvalue weighted by Crippen LogP contribution is -2.12. The minimum Gasteiger partial charge on any atom is -0.481 e. The standard InChI is InChI=1S/C13H11ClF3N3O3.C13H14ClN3O3/c1-6-7(12(21)23-3)5-18-20(6)10-9(14)4-8(13(15,16)17)11(19-10)22-2;1-7-5-10(14)12(19-3)16-11(7)17-8(2)9(6-15-17)13(18)20-4/h4-5H,1-3H3;5-6H,1-4H3. The van der Waals surface area contributed by atoms with E-state index in [0.717, 1.165) is 17.4 Å². The van der Waals surface area contributed by atoms with Crippen molar-refractivity contribution in [1.29, 1.82) is 0 Å². The maximum atomic E-state index is 12.9. The Morgan fingerprint density at radius 2 is 1.21 bits per heavy atom. The maximum Gasteiger partial charge on any atom is 0.421 e. The molecule has 0 saturated heterocycles. The van der Waals surface area contributed by atoms with E-state index in [4.69, 9.17) is 32.7 Å². The van der Waals surface area contributed by atoms with Crippen molar-refractivity contribution < 1.29 is 41.7 Å². The summed E-state index contributed by atoms with van der Waals surface area (Å²) in [7, 11) is 5.08. The van der Waals surface area contributed by atoms with Gasteiger partial charge in [-0.1, -0.05) is 23.2 Å². The van der Waals surface area contributed by atoms with Crippen LogP contribution in [0, 0.1) is 20.8 Å². The van der Waals surface area contributed by atoms with Crippen molar-refractivity contribution in [2.24, 2.45) is 0 Å². The van der Waals surface area contributed by atoms with E-state index in [-0.39, 0.29) is 16.4 Å². The van der Waals surface area contributed by atoms with Crippen LogP contribution < -0.4 is 9.47 Å². The fourth-order valence-corrected chi connectivity index (χ4v) is 4.26. The molecule has 0 radical (unpaired) electrons. The Bertz CT molecular complexity index is 1670. The molecule has 4 rings (SSSR count). The monoisotopic (exact) mass is 644 g/mol. The van der Waals surface area contributed by atoms with E-state index in [9.17, 15) is 22.8 Å². The first-order valence-electron chi connectivity index (χ1n) is 12.0. The lowest BCUT2D eigenvalue weighted by Gasteiger charge is -2.14. The average molecular weight is 645 g/mol. The third-order valence-corrected chi connectivity index (χ3v) is 6.50. The Balaban J connectivity index is 0.000000238. The zero-order valence-corrected chi connectivity index (χ0v) is 25.3. The number of methoxy groups -OCH3 is 4. The van der Waals surface area contributed by atoms with E-state index < -0.39 is 29.6 Å². The number of aryl methyl sites for hydroxylation is 1. The van der Waals surface area contributed by atoms with Crippen molar-refractivity contribution in [1.82, 2.24) is 29.5 Å². The number of alkyl halides is 3. The summed E-state index contributed by atoms with van der Waals surface area (Å²) in [4.78, 5) is 31.2. The molecule has 0 aliphatic carbocycles. The molecule has 0 amide bonds. The van der Waals surface area contributed by atoms with Gasteiger partial charge in [-0.3, -0.25) is 0 Å². The zero-order valence-electron chi connectivity index (χ0n) is 23.8. The van der Waals surface area contributed by atoms with E-state index >= 15 is 0 Å².